The minimum absolute atomic E-state index is 0.226. The number of carboxylic acids is 1. The molecule has 6 heteroatoms. The van der Waals surface area contributed by atoms with Gasteiger partial charge in [-0.3, -0.25) is 5.10 Å². The van der Waals surface area contributed by atoms with Crippen molar-refractivity contribution < 1.29 is 9.90 Å². The Kier molecular flexibility index (Phi) is 4.09. The molecule has 22 heavy (non-hydrogen) atoms. The van der Waals surface area contributed by atoms with Crippen molar-refractivity contribution in [1.29, 1.82) is 0 Å². The maximum atomic E-state index is 10.9. The van der Waals surface area contributed by atoms with Crippen LogP contribution in [0.4, 0.5) is 5.82 Å². The number of rotatable bonds is 4. The number of nitrogens with zero attached hydrogens (tertiary/aromatic N) is 3. The van der Waals surface area contributed by atoms with Crippen molar-refractivity contribution in [3.63, 3.8) is 0 Å². The van der Waals surface area contributed by atoms with Crippen LogP contribution in [-0.2, 0) is 6.42 Å². The van der Waals surface area contributed by atoms with Crippen molar-refractivity contribution in [2.75, 3.05) is 18.0 Å². The number of H-pyrrole nitrogens is 1. The molecule has 1 saturated heterocycles. The molecule has 3 heterocycles. The Morgan fingerprint density at radius 2 is 2.14 bits per heavy atom. The van der Waals surface area contributed by atoms with Gasteiger partial charge in [-0.15, -0.1) is 0 Å². The minimum Gasteiger partial charge on any atom is -0.478 e. The number of carboxylic acid groups (broad SMARTS) is 1. The van der Waals surface area contributed by atoms with Crippen LogP contribution in [0.5, 0.6) is 0 Å². The number of aryl methyl sites for hydroxylation is 1. The highest BCUT2D eigenvalue weighted by Gasteiger charge is 2.24. The van der Waals surface area contributed by atoms with Gasteiger partial charge in [0.05, 0.1) is 11.8 Å². The van der Waals surface area contributed by atoms with E-state index in [0.717, 1.165) is 38.2 Å². The molecule has 0 aromatic carbocycles. The third-order valence-electron chi connectivity index (χ3n) is 4.35. The van der Waals surface area contributed by atoms with E-state index in [1.807, 2.05) is 6.20 Å². The number of hydrogen-bond acceptors (Lipinski definition) is 4. The smallest absolute Gasteiger partial charge is 0.337 e. The number of aromatic carboxylic acids is 1. The highest BCUT2D eigenvalue weighted by Crippen LogP contribution is 2.30. The van der Waals surface area contributed by atoms with E-state index < -0.39 is 5.97 Å². The summed E-state index contributed by atoms with van der Waals surface area (Å²) >= 11 is 0. The van der Waals surface area contributed by atoms with E-state index in [-0.39, 0.29) is 5.56 Å². The molecule has 0 radical (unpaired) electrons. The molecule has 0 bridgehead atoms. The molecule has 1 aliphatic heterocycles. The molecular weight excluding hydrogens is 280 g/mol. The summed E-state index contributed by atoms with van der Waals surface area (Å²) in [6.45, 7) is 4.00. The molecule has 2 N–H and O–H groups in total. The third kappa shape index (κ3) is 2.81. The maximum Gasteiger partial charge on any atom is 0.337 e. The fraction of sp³-hybridized carbons (Fsp3) is 0.438. The first-order chi connectivity index (χ1) is 10.7. The molecule has 0 saturated carbocycles. The molecule has 6 nitrogen and oxygen atoms in total. The van der Waals surface area contributed by atoms with Gasteiger partial charge >= 0.3 is 5.97 Å². The van der Waals surface area contributed by atoms with Gasteiger partial charge in [0.25, 0.3) is 0 Å². The van der Waals surface area contributed by atoms with Crippen LogP contribution < -0.4 is 4.90 Å². The first-order valence-electron chi connectivity index (χ1n) is 7.65. The van der Waals surface area contributed by atoms with Gasteiger partial charge in [0.2, 0.25) is 0 Å². The molecule has 2 aromatic rings. The standard InChI is InChI=1S/C16H20N4O2/c1-2-11-10-18-19-15(11)12-5-7-20(8-6-12)14-4-3-13(9-17-14)16(21)22/h3-4,9-10,12H,2,5-8H2,1H3,(H,18,19)(H,21,22). The molecule has 0 unspecified atom stereocenters. The fourth-order valence-corrected chi connectivity index (χ4v) is 3.05. The summed E-state index contributed by atoms with van der Waals surface area (Å²) in [4.78, 5) is 17.3. The second-order valence-corrected chi connectivity index (χ2v) is 5.63. The van der Waals surface area contributed by atoms with Gasteiger partial charge in [0.1, 0.15) is 5.82 Å². The number of hydrogen-bond donors (Lipinski definition) is 2. The maximum absolute atomic E-state index is 10.9. The molecule has 1 aliphatic rings. The second kappa shape index (κ2) is 6.17. The van der Waals surface area contributed by atoms with Gasteiger partial charge in [0.15, 0.2) is 0 Å². The summed E-state index contributed by atoms with van der Waals surface area (Å²) in [6, 6.07) is 3.40. The largest absolute Gasteiger partial charge is 0.478 e. The zero-order valence-corrected chi connectivity index (χ0v) is 12.6. The van der Waals surface area contributed by atoms with E-state index in [2.05, 4.69) is 27.0 Å². The van der Waals surface area contributed by atoms with E-state index in [1.165, 1.54) is 17.5 Å². The van der Waals surface area contributed by atoms with Crippen molar-refractivity contribution in [1.82, 2.24) is 15.2 Å². The van der Waals surface area contributed by atoms with E-state index in [9.17, 15) is 4.79 Å². The Morgan fingerprint density at radius 3 is 2.73 bits per heavy atom. The van der Waals surface area contributed by atoms with Crippen molar-refractivity contribution in [3.05, 3.63) is 41.3 Å². The number of piperidine rings is 1. The highest BCUT2D eigenvalue weighted by molar-refractivity contribution is 5.87. The van der Waals surface area contributed by atoms with Crippen molar-refractivity contribution in [3.8, 4) is 0 Å². The summed E-state index contributed by atoms with van der Waals surface area (Å²) in [7, 11) is 0. The average Bonchev–Trinajstić information content (AvgIpc) is 3.04. The predicted octanol–water partition coefficient (Wildman–Crippen LogP) is 2.45. The van der Waals surface area contributed by atoms with Gasteiger partial charge in [-0.2, -0.15) is 5.10 Å². The molecule has 3 rings (SSSR count). The topological polar surface area (TPSA) is 82.1 Å². The van der Waals surface area contributed by atoms with E-state index in [4.69, 9.17) is 5.11 Å². The van der Waals surface area contributed by atoms with Gasteiger partial charge in [-0.1, -0.05) is 6.92 Å². The quantitative estimate of drug-likeness (QED) is 0.906. The van der Waals surface area contributed by atoms with Gasteiger partial charge in [-0.05, 0) is 37.0 Å². The summed E-state index contributed by atoms with van der Waals surface area (Å²) in [5.74, 6) is 0.430. The van der Waals surface area contributed by atoms with Gasteiger partial charge in [-0.25, -0.2) is 9.78 Å². The Morgan fingerprint density at radius 1 is 1.36 bits per heavy atom. The number of aromatic amines is 1. The van der Waals surface area contributed by atoms with Crippen LogP contribution in [0.3, 0.4) is 0 Å². The Hall–Kier alpha value is -2.37. The van der Waals surface area contributed by atoms with Crippen LogP contribution in [0.25, 0.3) is 0 Å². The van der Waals surface area contributed by atoms with Crippen LogP contribution in [0, 0.1) is 0 Å². The summed E-state index contributed by atoms with van der Waals surface area (Å²) in [5, 5.41) is 16.2. The van der Waals surface area contributed by atoms with Crippen LogP contribution >= 0.6 is 0 Å². The van der Waals surface area contributed by atoms with Crippen LogP contribution in [0.15, 0.2) is 24.5 Å². The average molecular weight is 300 g/mol. The zero-order valence-electron chi connectivity index (χ0n) is 12.6. The second-order valence-electron chi connectivity index (χ2n) is 5.63. The molecule has 0 spiro atoms. The lowest BCUT2D eigenvalue weighted by molar-refractivity contribution is 0.0696. The Labute approximate surface area is 129 Å². The molecule has 0 atom stereocenters. The molecule has 0 aliphatic carbocycles. The molecule has 2 aromatic heterocycles. The molecule has 1 fully saturated rings. The lowest BCUT2D eigenvalue weighted by Crippen LogP contribution is -2.33. The first kappa shape index (κ1) is 14.6. The van der Waals surface area contributed by atoms with Crippen LogP contribution in [0.2, 0.25) is 0 Å². The Bertz CT molecular complexity index is 642. The number of nitrogens with one attached hydrogen (secondary N) is 1. The van der Waals surface area contributed by atoms with Crippen LogP contribution in [0.1, 0.15) is 47.3 Å². The highest BCUT2D eigenvalue weighted by atomic mass is 16.4. The van der Waals surface area contributed by atoms with E-state index in [0.29, 0.717) is 5.92 Å². The van der Waals surface area contributed by atoms with Crippen molar-refractivity contribution >= 4 is 11.8 Å². The van der Waals surface area contributed by atoms with E-state index >= 15 is 0 Å². The van der Waals surface area contributed by atoms with E-state index in [1.54, 1.807) is 12.1 Å². The van der Waals surface area contributed by atoms with Crippen LogP contribution in [-0.4, -0.2) is 39.3 Å². The normalized spacial score (nSPS) is 16.0. The van der Waals surface area contributed by atoms with Crippen molar-refractivity contribution in [2.24, 2.45) is 0 Å². The summed E-state index contributed by atoms with van der Waals surface area (Å²) in [5.41, 5.74) is 2.81. The molecule has 0 amide bonds. The SMILES string of the molecule is CCc1cn[nH]c1C1CCN(c2ccc(C(=O)O)cn2)CC1. The third-order valence-corrected chi connectivity index (χ3v) is 4.35. The lowest BCUT2D eigenvalue weighted by atomic mass is 9.91. The molecule has 116 valence electrons. The zero-order chi connectivity index (χ0) is 15.5. The van der Waals surface area contributed by atoms with Gasteiger partial charge < -0.3 is 10.0 Å². The predicted molar refractivity (Wildman–Crippen MR) is 83.4 cm³/mol. The summed E-state index contributed by atoms with van der Waals surface area (Å²) in [6.07, 6.45) is 6.46. The number of pyridine rings is 1. The summed E-state index contributed by atoms with van der Waals surface area (Å²) < 4.78 is 0. The monoisotopic (exact) mass is 300 g/mol. The molecular formula is C16H20N4O2. The minimum atomic E-state index is -0.941. The lowest BCUT2D eigenvalue weighted by Gasteiger charge is -2.32. The number of aromatic nitrogens is 3. The Balaban J connectivity index is 1.65. The first-order valence-corrected chi connectivity index (χ1v) is 7.65. The number of anilines is 1. The fourth-order valence-electron chi connectivity index (χ4n) is 3.05. The van der Waals surface area contributed by atoms with Gasteiger partial charge in [0, 0.05) is 30.9 Å². The van der Waals surface area contributed by atoms with Crippen molar-refractivity contribution in [2.45, 2.75) is 32.1 Å². The number of carbonyl (C=O) groups is 1.